The quantitative estimate of drug-likeness (QED) is 0.808. The molecule has 0 aromatic heterocycles. The van der Waals surface area contributed by atoms with E-state index >= 15 is 0 Å². The third-order valence-electron chi connectivity index (χ3n) is 2.34. The Hall–Kier alpha value is -1.66. The van der Waals surface area contributed by atoms with Crippen LogP contribution in [0.25, 0.3) is 0 Å². The van der Waals surface area contributed by atoms with Crippen LogP contribution in [0.5, 0.6) is 5.75 Å². The fourth-order valence-electron chi connectivity index (χ4n) is 1.46. The number of carbonyl (C=O) groups is 1. The van der Waals surface area contributed by atoms with Crippen molar-refractivity contribution in [3.63, 3.8) is 0 Å². The number of halogens is 1. The number of hydrogen-bond donors (Lipinski definition) is 2. The van der Waals surface area contributed by atoms with Crippen molar-refractivity contribution in [1.29, 1.82) is 0 Å². The van der Waals surface area contributed by atoms with E-state index in [9.17, 15) is 9.18 Å². The third kappa shape index (κ3) is 2.72. The van der Waals surface area contributed by atoms with E-state index in [1.807, 2.05) is 0 Å². The van der Waals surface area contributed by atoms with Crippen LogP contribution in [0.15, 0.2) is 12.1 Å². The van der Waals surface area contributed by atoms with Gasteiger partial charge in [-0.2, -0.15) is 0 Å². The Bertz CT molecular complexity index is 422. The second-order valence-corrected chi connectivity index (χ2v) is 3.40. The van der Waals surface area contributed by atoms with Crippen LogP contribution in [-0.4, -0.2) is 25.3 Å². The zero-order valence-corrected chi connectivity index (χ0v) is 9.57. The van der Waals surface area contributed by atoms with Gasteiger partial charge in [0.05, 0.1) is 19.3 Å². The topological polar surface area (TPSA) is 81.8 Å². The largest absolute Gasteiger partial charge is 0.496 e. The number of rotatable bonds is 5. The first-order chi connectivity index (χ1) is 8.02. The Morgan fingerprint density at radius 3 is 2.65 bits per heavy atom. The van der Waals surface area contributed by atoms with Crippen LogP contribution < -0.4 is 10.5 Å². The van der Waals surface area contributed by atoms with Gasteiger partial charge in [-0.05, 0) is 6.07 Å². The molecule has 17 heavy (non-hydrogen) atoms. The van der Waals surface area contributed by atoms with Crippen LogP contribution in [0.4, 0.5) is 4.39 Å². The summed E-state index contributed by atoms with van der Waals surface area (Å²) in [5.74, 6) is -1.70. The Morgan fingerprint density at radius 2 is 2.18 bits per heavy atom. The summed E-state index contributed by atoms with van der Waals surface area (Å²) < 4.78 is 23.8. The molecule has 1 aromatic carbocycles. The SMILES string of the molecule is COCc1c(OC)ccc(C(N)C(=O)O)c1F. The van der Waals surface area contributed by atoms with E-state index in [1.54, 1.807) is 0 Å². The molecule has 5 nitrogen and oxygen atoms in total. The van der Waals surface area contributed by atoms with Crippen molar-refractivity contribution in [3.8, 4) is 5.75 Å². The molecule has 1 unspecified atom stereocenters. The molecule has 0 bridgehead atoms. The van der Waals surface area contributed by atoms with Gasteiger partial charge in [0, 0.05) is 12.7 Å². The van der Waals surface area contributed by atoms with E-state index in [-0.39, 0.29) is 17.7 Å². The summed E-state index contributed by atoms with van der Waals surface area (Å²) in [5.41, 5.74) is 5.44. The first-order valence-corrected chi connectivity index (χ1v) is 4.85. The van der Waals surface area contributed by atoms with E-state index in [4.69, 9.17) is 20.3 Å². The number of hydrogen-bond acceptors (Lipinski definition) is 4. The van der Waals surface area contributed by atoms with Crippen LogP contribution >= 0.6 is 0 Å². The molecule has 0 aliphatic rings. The van der Waals surface area contributed by atoms with E-state index in [2.05, 4.69) is 0 Å². The molecule has 0 saturated carbocycles. The molecule has 3 N–H and O–H groups in total. The van der Waals surface area contributed by atoms with Crippen molar-refractivity contribution in [1.82, 2.24) is 0 Å². The van der Waals surface area contributed by atoms with E-state index in [0.29, 0.717) is 5.75 Å². The number of benzene rings is 1. The monoisotopic (exact) mass is 243 g/mol. The molecule has 1 rings (SSSR count). The molecule has 1 aromatic rings. The normalized spacial score (nSPS) is 12.2. The lowest BCUT2D eigenvalue weighted by atomic mass is 10.0. The standard InChI is InChI=1S/C11H14FNO4/c1-16-5-7-8(17-2)4-3-6(9(7)12)10(13)11(14)15/h3-4,10H,5,13H2,1-2H3,(H,14,15). The predicted molar refractivity (Wildman–Crippen MR) is 58.2 cm³/mol. The molecule has 0 heterocycles. The Labute approximate surface area is 97.9 Å². The average molecular weight is 243 g/mol. The highest BCUT2D eigenvalue weighted by atomic mass is 19.1. The van der Waals surface area contributed by atoms with Gasteiger partial charge in [0.2, 0.25) is 0 Å². The van der Waals surface area contributed by atoms with Crippen molar-refractivity contribution < 1.29 is 23.8 Å². The summed E-state index contributed by atoms with van der Waals surface area (Å²) in [6.07, 6.45) is 0. The highest BCUT2D eigenvalue weighted by Crippen LogP contribution is 2.27. The number of aliphatic carboxylic acids is 1. The molecule has 6 heteroatoms. The lowest BCUT2D eigenvalue weighted by molar-refractivity contribution is -0.138. The molecule has 94 valence electrons. The highest BCUT2D eigenvalue weighted by Gasteiger charge is 2.22. The first kappa shape index (κ1) is 13.4. The Morgan fingerprint density at radius 1 is 1.53 bits per heavy atom. The minimum Gasteiger partial charge on any atom is -0.496 e. The summed E-state index contributed by atoms with van der Waals surface area (Å²) in [6.45, 7) is -0.0187. The maximum Gasteiger partial charge on any atom is 0.325 e. The fourth-order valence-corrected chi connectivity index (χ4v) is 1.46. The van der Waals surface area contributed by atoms with E-state index < -0.39 is 17.8 Å². The maximum absolute atomic E-state index is 14.0. The summed E-state index contributed by atoms with van der Waals surface area (Å²) >= 11 is 0. The van der Waals surface area contributed by atoms with Gasteiger partial charge in [-0.1, -0.05) is 6.07 Å². The van der Waals surface area contributed by atoms with Gasteiger partial charge in [-0.3, -0.25) is 4.79 Å². The number of methoxy groups -OCH3 is 2. The smallest absolute Gasteiger partial charge is 0.325 e. The zero-order valence-electron chi connectivity index (χ0n) is 9.57. The van der Waals surface area contributed by atoms with Crippen LogP contribution in [0.2, 0.25) is 0 Å². The maximum atomic E-state index is 14.0. The van der Waals surface area contributed by atoms with Gasteiger partial charge >= 0.3 is 5.97 Å². The minimum atomic E-state index is -1.41. The van der Waals surface area contributed by atoms with Crippen LogP contribution in [0.1, 0.15) is 17.2 Å². The van der Waals surface area contributed by atoms with Crippen molar-refractivity contribution in [2.24, 2.45) is 5.73 Å². The van der Waals surface area contributed by atoms with Gasteiger partial charge in [0.15, 0.2) is 0 Å². The minimum absolute atomic E-state index is 0.0187. The van der Waals surface area contributed by atoms with Crippen LogP contribution in [-0.2, 0) is 16.1 Å². The molecule has 0 radical (unpaired) electrons. The molecule has 0 fully saturated rings. The summed E-state index contributed by atoms with van der Waals surface area (Å²) in [7, 11) is 2.80. The Kier molecular flexibility index (Phi) is 4.42. The average Bonchev–Trinajstić information content (AvgIpc) is 2.31. The second-order valence-electron chi connectivity index (χ2n) is 3.40. The number of nitrogens with two attached hydrogens (primary N) is 1. The lowest BCUT2D eigenvalue weighted by Gasteiger charge is -2.14. The molecule has 1 atom stereocenters. The van der Waals surface area contributed by atoms with Crippen molar-refractivity contribution in [3.05, 3.63) is 29.1 Å². The highest BCUT2D eigenvalue weighted by molar-refractivity contribution is 5.75. The van der Waals surface area contributed by atoms with Crippen LogP contribution in [0.3, 0.4) is 0 Å². The van der Waals surface area contributed by atoms with E-state index in [1.165, 1.54) is 26.4 Å². The van der Waals surface area contributed by atoms with Crippen LogP contribution in [0, 0.1) is 5.82 Å². The zero-order chi connectivity index (χ0) is 13.0. The number of ether oxygens (including phenoxy) is 2. The third-order valence-corrected chi connectivity index (χ3v) is 2.34. The predicted octanol–water partition coefficient (Wildman–Crippen LogP) is 1.07. The molecular weight excluding hydrogens is 229 g/mol. The van der Waals surface area contributed by atoms with Crippen molar-refractivity contribution >= 4 is 5.97 Å². The van der Waals surface area contributed by atoms with Gasteiger partial charge in [0.25, 0.3) is 0 Å². The summed E-state index contributed by atoms with van der Waals surface area (Å²) in [6, 6.07) is 1.36. The summed E-state index contributed by atoms with van der Waals surface area (Å²) in [5, 5.41) is 8.75. The Balaban J connectivity index is 3.26. The van der Waals surface area contributed by atoms with Crippen molar-refractivity contribution in [2.45, 2.75) is 12.6 Å². The molecule has 0 aliphatic carbocycles. The molecule has 0 saturated heterocycles. The van der Waals surface area contributed by atoms with Gasteiger partial charge in [0.1, 0.15) is 17.6 Å². The second kappa shape index (κ2) is 5.60. The fraction of sp³-hybridized carbons (Fsp3) is 0.364. The molecule has 0 aliphatic heterocycles. The lowest BCUT2D eigenvalue weighted by Crippen LogP contribution is -2.22. The van der Waals surface area contributed by atoms with Gasteiger partial charge < -0.3 is 20.3 Å². The van der Waals surface area contributed by atoms with Gasteiger partial charge in [-0.15, -0.1) is 0 Å². The summed E-state index contributed by atoms with van der Waals surface area (Å²) in [4.78, 5) is 10.7. The number of carboxylic acids is 1. The van der Waals surface area contributed by atoms with Gasteiger partial charge in [-0.25, -0.2) is 4.39 Å². The van der Waals surface area contributed by atoms with E-state index in [0.717, 1.165) is 0 Å². The first-order valence-electron chi connectivity index (χ1n) is 4.85. The molecular formula is C11H14FNO4. The molecule has 0 amide bonds. The number of carboxylic acid groups (broad SMARTS) is 1. The van der Waals surface area contributed by atoms with Crippen molar-refractivity contribution in [2.75, 3.05) is 14.2 Å². The molecule has 0 spiro atoms.